The van der Waals surface area contributed by atoms with E-state index in [1.54, 1.807) is 0 Å². The van der Waals surface area contributed by atoms with Crippen molar-refractivity contribution in [2.45, 2.75) is 41.5 Å². The van der Waals surface area contributed by atoms with E-state index in [1.807, 2.05) is 0 Å². The Morgan fingerprint density at radius 2 is 0.826 bits per heavy atom. The molecule has 8 heteroatoms. The summed E-state index contributed by atoms with van der Waals surface area (Å²) in [6.07, 6.45) is 10.0. The number of rotatable bonds is 6. The minimum atomic E-state index is -4.94. The largest absolute Gasteiger partial charge is 2.00 e. The van der Waals surface area contributed by atoms with Gasteiger partial charge in [0.25, 0.3) is 0 Å². The molecular weight excluding hydrogens is 448 g/mol. The van der Waals surface area contributed by atoms with E-state index in [2.05, 4.69) is 55.0 Å². The van der Waals surface area contributed by atoms with Gasteiger partial charge in [-0.05, 0) is 37.0 Å². The maximum absolute atomic E-state index is 8.49. The van der Waals surface area contributed by atoms with Crippen molar-refractivity contribution in [2.24, 2.45) is 0 Å². The van der Waals surface area contributed by atoms with Crippen LogP contribution < -0.4 is 18.6 Å². The van der Waals surface area contributed by atoms with E-state index in [0.717, 1.165) is 0 Å². The molecule has 4 nitrogen and oxygen atoms in total. The fourth-order valence-electron chi connectivity index (χ4n) is 1.34. The van der Waals surface area contributed by atoms with Crippen LogP contribution in [0.3, 0.4) is 0 Å². The van der Waals surface area contributed by atoms with Crippen LogP contribution in [0.1, 0.15) is 41.5 Å². The molecule has 0 unspecified atom stereocenters. The molecule has 0 spiro atoms. The van der Waals surface area contributed by atoms with E-state index in [1.165, 1.54) is 43.0 Å². The third kappa shape index (κ3) is 59.8. The van der Waals surface area contributed by atoms with Crippen molar-refractivity contribution >= 4 is 15.8 Å². The molecule has 23 heavy (non-hydrogen) atoms. The second-order valence-corrected chi connectivity index (χ2v) is 11.1. The summed E-state index contributed by atoms with van der Waals surface area (Å²) < 4.78 is 34.0. The molecular formula is C15H35ClO4P2Pd. The monoisotopic (exact) mass is 482 g/mol. The average Bonchev–Trinajstić information content (AvgIpc) is 2.42. The molecule has 0 aliphatic carbocycles. The van der Waals surface area contributed by atoms with E-state index >= 15 is 0 Å². The van der Waals surface area contributed by atoms with Gasteiger partial charge in [-0.3, -0.25) is 0 Å². The van der Waals surface area contributed by atoms with Crippen LogP contribution in [0.15, 0.2) is 12.7 Å². The maximum Gasteiger partial charge on any atom is 2.00 e. The van der Waals surface area contributed by atoms with Crippen LogP contribution in [0.2, 0.25) is 0 Å². The normalized spacial score (nSPS) is 9.39. The topological polar surface area (TPSA) is 92.2 Å². The van der Waals surface area contributed by atoms with Crippen LogP contribution >= 0.6 is 15.8 Å². The van der Waals surface area contributed by atoms with Gasteiger partial charge in [-0.25, -0.2) is 38.2 Å². The van der Waals surface area contributed by atoms with Gasteiger partial charge in [-0.2, -0.15) is 0 Å². The van der Waals surface area contributed by atoms with E-state index in [9.17, 15) is 0 Å². The second-order valence-electron chi connectivity index (χ2n) is 3.91. The molecule has 0 saturated heterocycles. The van der Waals surface area contributed by atoms with Gasteiger partial charge in [0.1, 0.15) is 0 Å². The molecule has 0 N–H and O–H groups in total. The third-order valence-electron chi connectivity index (χ3n) is 2.68. The second kappa shape index (κ2) is 28.1. The Labute approximate surface area is 163 Å². The molecule has 0 rings (SSSR count). The van der Waals surface area contributed by atoms with Gasteiger partial charge in [0.15, 0.2) is 0 Å². The molecule has 0 atom stereocenters. The summed E-state index contributed by atoms with van der Waals surface area (Å²) in [5.41, 5.74) is 0. The van der Waals surface area contributed by atoms with Crippen LogP contribution in [-0.2, 0) is 20.4 Å². The summed E-state index contributed by atoms with van der Waals surface area (Å²) in [4.78, 5) is 0. The standard InChI is InChI=1S/2C6H15P.C3H5.ClHO4.Pd/c2*1-4-7(5-2)6-3;1-3-2;2-1(3,4)5;/h2*4-6H2,1-3H3;3H,1-2H2;(H,2,3,4,5);/q;;-1;;+2/p-1. The number of hydrogen-bond acceptors (Lipinski definition) is 4. The zero-order valence-electron chi connectivity index (χ0n) is 15.5. The molecule has 0 bridgehead atoms. The molecule has 0 aliphatic rings. The van der Waals surface area contributed by atoms with Crippen LogP contribution in [-0.4, -0.2) is 37.0 Å². The molecule has 0 heterocycles. The molecule has 0 radical (unpaired) electrons. The Kier molecular flexibility index (Phi) is 43.2. The van der Waals surface area contributed by atoms with Crippen molar-refractivity contribution in [1.29, 1.82) is 0 Å². The first-order valence-electron chi connectivity index (χ1n) is 7.57. The Morgan fingerprint density at radius 1 is 0.739 bits per heavy atom. The van der Waals surface area contributed by atoms with Gasteiger partial charge in [0, 0.05) is 0 Å². The van der Waals surface area contributed by atoms with Crippen molar-refractivity contribution in [3.63, 3.8) is 0 Å². The maximum atomic E-state index is 8.49. The molecule has 0 fully saturated rings. The first-order valence-corrected chi connectivity index (χ1v) is 12.6. The van der Waals surface area contributed by atoms with Crippen LogP contribution in [0, 0.1) is 17.2 Å². The Hall–Kier alpha value is 1.26. The third-order valence-corrected chi connectivity index (χ3v) is 8.05. The van der Waals surface area contributed by atoms with Crippen LogP contribution in [0.25, 0.3) is 0 Å². The summed E-state index contributed by atoms with van der Waals surface area (Å²) in [5, 5.41) is 0. The summed E-state index contributed by atoms with van der Waals surface area (Å²) >= 11 is 0. The van der Waals surface area contributed by atoms with Crippen molar-refractivity contribution in [2.75, 3.05) is 37.0 Å². The SMILES string of the molecule is C=C[CH2-].CCP(CC)CC.CCP(CC)CC.[O-][Cl+3]([O-])([O-])[O-].[Pd+2]. The van der Waals surface area contributed by atoms with E-state index in [4.69, 9.17) is 18.6 Å². The predicted octanol–water partition coefficient (Wildman–Crippen LogP) is 1.30. The summed E-state index contributed by atoms with van der Waals surface area (Å²) in [6.45, 7) is 20.2. The average molecular weight is 483 g/mol. The first-order chi connectivity index (χ1) is 10.1. The number of halogens is 1. The summed E-state index contributed by atoms with van der Waals surface area (Å²) in [6, 6.07) is 0. The summed E-state index contributed by atoms with van der Waals surface area (Å²) in [7, 11) is -4.05. The van der Waals surface area contributed by atoms with Crippen molar-refractivity contribution in [1.82, 2.24) is 0 Å². The minimum Gasteiger partial charge on any atom is -0.245 e. The van der Waals surface area contributed by atoms with Crippen molar-refractivity contribution in [3.05, 3.63) is 19.6 Å². The first kappa shape index (κ1) is 35.4. The van der Waals surface area contributed by atoms with Gasteiger partial charge < -0.3 is 0 Å². The van der Waals surface area contributed by atoms with Gasteiger partial charge >= 0.3 is 20.4 Å². The molecule has 0 aromatic rings. The van der Waals surface area contributed by atoms with Crippen molar-refractivity contribution in [3.8, 4) is 0 Å². The molecule has 0 amide bonds. The zero-order valence-corrected chi connectivity index (χ0v) is 19.6. The molecule has 0 aromatic carbocycles. The Bertz CT molecular complexity index is 171. The van der Waals surface area contributed by atoms with Gasteiger partial charge in [0.2, 0.25) is 0 Å². The molecule has 0 aromatic heterocycles. The number of allylic oxidation sites excluding steroid dienone is 1. The fraction of sp³-hybridized carbons (Fsp3) is 0.800. The van der Waals surface area contributed by atoms with Gasteiger partial charge in [-0.15, -0.1) is 26.1 Å². The minimum absolute atomic E-state index is 0. The van der Waals surface area contributed by atoms with E-state index < -0.39 is 10.2 Å². The van der Waals surface area contributed by atoms with Crippen molar-refractivity contribution < 1.29 is 49.3 Å². The predicted molar refractivity (Wildman–Crippen MR) is 92.6 cm³/mol. The fourth-order valence-corrected chi connectivity index (χ4v) is 4.02. The van der Waals surface area contributed by atoms with Crippen LogP contribution in [0.4, 0.5) is 0 Å². The van der Waals surface area contributed by atoms with Gasteiger partial charge in [-0.1, -0.05) is 41.5 Å². The zero-order chi connectivity index (χ0) is 18.6. The van der Waals surface area contributed by atoms with E-state index in [-0.39, 0.29) is 20.4 Å². The quantitative estimate of drug-likeness (QED) is 0.324. The summed E-state index contributed by atoms with van der Waals surface area (Å²) in [5.74, 6) is 0. The molecule has 146 valence electrons. The van der Waals surface area contributed by atoms with Crippen LogP contribution in [0.5, 0.6) is 0 Å². The molecule has 0 saturated carbocycles. The molecule has 0 aliphatic heterocycles. The Morgan fingerprint density at radius 3 is 0.826 bits per heavy atom. The van der Waals surface area contributed by atoms with Gasteiger partial charge in [0.05, 0.1) is 0 Å². The Balaban J connectivity index is -0.0000000643. The number of hydrogen-bond donors (Lipinski definition) is 0. The van der Waals surface area contributed by atoms with E-state index in [0.29, 0.717) is 15.8 Å². The smallest absolute Gasteiger partial charge is 0.245 e.